The van der Waals surface area contributed by atoms with E-state index in [0.717, 1.165) is 64.1 Å². The summed E-state index contributed by atoms with van der Waals surface area (Å²) in [6.45, 7) is 1.96. The Bertz CT molecular complexity index is 2060. The van der Waals surface area contributed by atoms with E-state index in [4.69, 9.17) is 9.47 Å². The lowest BCUT2D eigenvalue weighted by Crippen LogP contribution is -2.38. The first-order valence-electron chi connectivity index (χ1n) is 17.3. The van der Waals surface area contributed by atoms with Crippen LogP contribution in [0.2, 0.25) is 0 Å². The molecule has 258 valence electrons. The van der Waals surface area contributed by atoms with E-state index >= 15 is 0 Å². The minimum Gasteiger partial charge on any atom is -0.392 e. The molecule has 0 spiro atoms. The second-order valence-corrected chi connectivity index (χ2v) is 12.9. The topological polar surface area (TPSA) is 110 Å². The molecule has 0 saturated carbocycles. The molecule has 7 rings (SSSR count). The molecule has 1 saturated heterocycles. The van der Waals surface area contributed by atoms with Gasteiger partial charge in [0.1, 0.15) is 5.69 Å². The summed E-state index contributed by atoms with van der Waals surface area (Å²) in [7, 11) is 2.12. The highest BCUT2D eigenvalue weighted by Crippen LogP contribution is 2.39. The van der Waals surface area contributed by atoms with Crippen molar-refractivity contribution in [2.24, 2.45) is 0 Å². The first-order chi connectivity index (χ1) is 25.0. The number of hydrogen-bond acceptors (Lipinski definition) is 8. The fourth-order valence-corrected chi connectivity index (χ4v) is 6.43. The number of ether oxygens (including phenoxy) is 2. The zero-order chi connectivity index (χ0) is 35.0. The maximum Gasteiger partial charge on any atom is 0.271 e. The first kappa shape index (κ1) is 34.1. The third-order valence-corrected chi connectivity index (χ3v) is 9.24. The maximum absolute atomic E-state index is 13.0. The number of pyridine rings is 1. The number of aromatic nitrogens is 3. The predicted octanol–water partition coefficient (Wildman–Crippen LogP) is 6.83. The Hall–Kier alpha value is -5.32. The molecule has 3 unspecified atom stereocenters. The number of aliphatic hydroxyl groups excluding tert-OH is 1. The average molecular weight is 680 g/mol. The van der Waals surface area contributed by atoms with Crippen LogP contribution < -0.4 is 5.32 Å². The van der Waals surface area contributed by atoms with Gasteiger partial charge >= 0.3 is 0 Å². The molecule has 0 bridgehead atoms. The van der Waals surface area contributed by atoms with Gasteiger partial charge in [-0.15, -0.1) is 0 Å². The number of benzene rings is 4. The van der Waals surface area contributed by atoms with Gasteiger partial charge in [-0.25, -0.2) is 4.98 Å². The number of nitrogens with one attached hydrogen (secondary N) is 1. The third kappa shape index (κ3) is 8.53. The second-order valence-electron chi connectivity index (χ2n) is 12.9. The number of rotatable bonds is 12. The first-order valence-corrected chi connectivity index (χ1v) is 17.3. The Kier molecular flexibility index (Phi) is 10.8. The van der Waals surface area contributed by atoms with Gasteiger partial charge in [-0.2, -0.15) is 0 Å². The lowest BCUT2D eigenvalue weighted by Gasteiger charge is -2.38. The molecule has 1 aliphatic heterocycles. The van der Waals surface area contributed by atoms with Crippen LogP contribution in [0.5, 0.6) is 0 Å². The van der Waals surface area contributed by atoms with Crippen molar-refractivity contribution in [3.05, 3.63) is 161 Å². The summed E-state index contributed by atoms with van der Waals surface area (Å²) in [4.78, 5) is 28.6. The van der Waals surface area contributed by atoms with Crippen LogP contribution >= 0.6 is 0 Å². The highest BCUT2D eigenvalue weighted by molar-refractivity contribution is 5.93. The van der Waals surface area contributed by atoms with Gasteiger partial charge < -0.3 is 24.8 Å². The van der Waals surface area contributed by atoms with Crippen LogP contribution in [0.4, 0.5) is 0 Å². The molecule has 0 radical (unpaired) electrons. The van der Waals surface area contributed by atoms with Gasteiger partial charge in [0.2, 0.25) is 0 Å². The number of carbonyl (C=O) groups is 1. The van der Waals surface area contributed by atoms with Crippen molar-refractivity contribution >= 4 is 16.9 Å². The maximum atomic E-state index is 13.0. The SMILES string of the molecule is CN(CCc1ccccn1)CC1CC(c2ccc(CO)cc2)OC(c2ccc(-c3ccccc3CNC(=O)c3cnc4ccccc4n3)cc2)O1. The standard InChI is InChI=1S/C42H41N5O4/c1-47(23-21-34-9-6-7-22-43-34)27-35-24-40(31-15-13-29(28-48)14-16-31)51-42(50-35)32-19-17-30(18-20-32)36-10-3-2-8-33(36)25-45-41(49)39-26-44-37-11-4-5-12-38(37)46-39/h2-20,22,26,35,40,42,48H,21,23-25,27-28H2,1H3,(H,45,49). The minimum absolute atomic E-state index is 0.00220. The van der Waals surface area contributed by atoms with E-state index in [-0.39, 0.29) is 30.4 Å². The van der Waals surface area contributed by atoms with Gasteiger partial charge in [-0.1, -0.05) is 91.0 Å². The molecule has 2 N–H and O–H groups in total. The van der Waals surface area contributed by atoms with E-state index in [2.05, 4.69) is 68.6 Å². The lowest BCUT2D eigenvalue weighted by molar-refractivity contribution is -0.252. The van der Waals surface area contributed by atoms with Crippen LogP contribution in [0.3, 0.4) is 0 Å². The molecule has 4 aromatic carbocycles. The van der Waals surface area contributed by atoms with Gasteiger partial charge in [0, 0.05) is 49.9 Å². The van der Waals surface area contributed by atoms with E-state index in [1.807, 2.05) is 85.1 Å². The van der Waals surface area contributed by atoms with Crippen LogP contribution in [0.15, 0.2) is 128 Å². The van der Waals surface area contributed by atoms with Crippen LogP contribution in [-0.2, 0) is 29.0 Å². The van der Waals surface area contributed by atoms with Crippen molar-refractivity contribution in [2.75, 3.05) is 20.1 Å². The molecular weight excluding hydrogens is 638 g/mol. The summed E-state index contributed by atoms with van der Waals surface area (Å²) in [6.07, 6.45) is 4.14. The van der Waals surface area contributed by atoms with E-state index in [9.17, 15) is 9.90 Å². The van der Waals surface area contributed by atoms with Crippen LogP contribution in [-0.4, -0.2) is 57.1 Å². The molecule has 9 nitrogen and oxygen atoms in total. The lowest BCUT2D eigenvalue weighted by atomic mass is 9.97. The Labute approximate surface area is 298 Å². The summed E-state index contributed by atoms with van der Waals surface area (Å²) < 4.78 is 13.2. The normalized spacial score (nSPS) is 17.4. The molecule has 9 heteroatoms. The highest BCUT2D eigenvalue weighted by Gasteiger charge is 2.33. The van der Waals surface area contributed by atoms with Crippen molar-refractivity contribution in [1.82, 2.24) is 25.2 Å². The van der Waals surface area contributed by atoms with Crippen LogP contribution in [0.25, 0.3) is 22.2 Å². The average Bonchev–Trinajstić information content (AvgIpc) is 3.19. The van der Waals surface area contributed by atoms with Crippen molar-refractivity contribution in [2.45, 2.75) is 44.5 Å². The van der Waals surface area contributed by atoms with Gasteiger partial charge in [-0.3, -0.25) is 14.8 Å². The molecule has 1 amide bonds. The third-order valence-electron chi connectivity index (χ3n) is 9.24. The van der Waals surface area contributed by atoms with Gasteiger partial charge in [0.25, 0.3) is 5.91 Å². The summed E-state index contributed by atoms with van der Waals surface area (Å²) in [5.74, 6) is -0.275. The number of amides is 1. The second kappa shape index (κ2) is 16.1. The number of fused-ring (bicyclic) bond motifs is 1. The molecule has 6 aromatic rings. The highest BCUT2D eigenvalue weighted by atomic mass is 16.7. The Morgan fingerprint density at radius 3 is 2.37 bits per heavy atom. The minimum atomic E-state index is -0.554. The number of para-hydroxylation sites is 2. The Morgan fingerprint density at radius 1 is 0.843 bits per heavy atom. The summed E-state index contributed by atoms with van der Waals surface area (Å²) in [6, 6.07) is 37.8. The van der Waals surface area contributed by atoms with Crippen molar-refractivity contribution in [1.29, 1.82) is 0 Å². The van der Waals surface area contributed by atoms with Gasteiger partial charge in [-0.05, 0) is 59.1 Å². The number of aliphatic hydroxyl groups is 1. The van der Waals surface area contributed by atoms with E-state index in [0.29, 0.717) is 18.5 Å². The molecule has 3 heterocycles. The largest absolute Gasteiger partial charge is 0.392 e. The predicted molar refractivity (Wildman–Crippen MR) is 196 cm³/mol. The molecule has 51 heavy (non-hydrogen) atoms. The zero-order valence-corrected chi connectivity index (χ0v) is 28.6. The Balaban J connectivity index is 1.05. The zero-order valence-electron chi connectivity index (χ0n) is 28.6. The number of carbonyl (C=O) groups excluding carboxylic acids is 1. The molecule has 3 atom stereocenters. The van der Waals surface area contributed by atoms with E-state index in [1.54, 1.807) is 0 Å². The molecule has 1 fully saturated rings. The summed E-state index contributed by atoms with van der Waals surface area (Å²) in [5.41, 5.74) is 8.66. The van der Waals surface area contributed by atoms with E-state index in [1.165, 1.54) is 6.20 Å². The monoisotopic (exact) mass is 679 g/mol. The molecule has 2 aromatic heterocycles. The van der Waals surface area contributed by atoms with Crippen molar-refractivity contribution in [3.8, 4) is 11.1 Å². The number of nitrogens with zero attached hydrogens (tertiary/aromatic N) is 4. The molecule has 0 aliphatic carbocycles. The fourth-order valence-electron chi connectivity index (χ4n) is 6.43. The fraction of sp³-hybridized carbons (Fsp3) is 0.238. The number of hydrogen-bond donors (Lipinski definition) is 2. The molecular formula is C42H41N5O4. The van der Waals surface area contributed by atoms with Crippen LogP contribution in [0, 0.1) is 0 Å². The summed E-state index contributed by atoms with van der Waals surface area (Å²) >= 11 is 0. The van der Waals surface area contributed by atoms with Crippen LogP contribution in [0.1, 0.15) is 57.3 Å². The van der Waals surface area contributed by atoms with Crippen molar-refractivity contribution in [3.63, 3.8) is 0 Å². The quantitative estimate of drug-likeness (QED) is 0.145. The molecule has 1 aliphatic rings. The Morgan fingerprint density at radius 2 is 1.59 bits per heavy atom. The smallest absolute Gasteiger partial charge is 0.271 e. The van der Waals surface area contributed by atoms with Gasteiger partial charge in [0.15, 0.2) is 6.29 Å². The van der Waals surface area contributed by atoms with Gasteiger partial charge in [0.05, 0.1) is 36.0 Å². The summed E-state index contributed by atoms with van der Waals surface area (Å²) in [5, 5.41) is 12.6. The van der Waals surface area contributed by atoms with Crippen molar-refractivity contribution < 1.29 is 19.4 Å². The number of likely N-dealkylation sites (N-methyl/N-ethyl adjacent to an activating group) is 1. The van der Waals surface area contributed by atoms with E-state index < -0.39 is 6.29 Å².